The number of hydrogen-bond acceptors (Lipinski definition) is 2. The van der Waals surface area contributed by atoms with E-state index in [9.17, 15) is 0 Å². The van der Waals surface area contributed by atoms with Crippen LogP contribution in [0.25, 0.3) is 33.8 Å². The molecule has 26 heavy (non-hydrogen) atoms. The molecule has 4 nitrogen and oxygen atoms in total. The lowest BCUT2D eigenvalue weighted by Gasteiger charge is -1.99. The maximum absolute atomic E-state index is 4.71. The molecule has 0 saturated heterocycles. The molecule has 0 fully saturated rings. The van der Waals surface area contributed by atoms with Gasteiger partial charge in [0, 0.05) is 35.9 Å². The molecule has 126 valence electrons. The van der Waals surface area contributed by atoms with Crippen LogP contribution < -0.4 is 0 Å². The van der Waals surface area contributed by atoms with Crippen molar-refractivity contribution < 1.29 is 0 Å². The van der Waals surface area contributed by atoms with Gasteiger partial charge in [-0.05, 0) is 37.1 Å². The number of nitrogens with zero attached hydrogens (tertiary/aromatic N) is 4. The van der Waals surface area contributed by atoms with Crippen LogP contribution in [0.2, 0.25) is 0 Å². The maximum Gasteiger partial charge on any atom is 0.137 e. The zero-order chi connectivity index (χ0) is 17.7. The van der Waals surface area contributed by atoms with Crippen LogP contribution in [-0.2, 0) is 0 Å². The molecule has 0 aliphatic heterocycles. The molecule has 4 heterocycles. The molecule has 0 radical (unpaired) electrons. The molecule has 0 bridgehead atoms. The Labute approximate surface area is 151 Å². The number of pyridine rings is 2. The molecule has 0 amide bonds. The van der Waals surface area contributed by atoms with Crippen LogP contribution in [0.3, 0.4) is 0 Å². The normalized spacial score (nSPS) is 11.5. The van der Waals surface area contributed by atoms with Gasteiger partial charge in [0.05, 0.1) is 11.4 Å². The van der Waals surface area contributed by atoms with E-state index in [1.807, 2.05) is 12.1 Å². The van der Waals surface area contributed by atoms with Crippen LogP contribution in [0.1, 0.15) is 11.1 Å². The monoisotopic (exact) mass is 338 g/mol. The van der Waals surface area contributed by atoms with Gasteiger partial charge in [-0.15, -0.1) is 0 Å². The van der Waals surface area contributed by atoms with Gasteiger partial charge in [0.25, 0.3) is 0 Å². The summed E-state index contributed by atoms with van der Waals surface area (Å²) in [5, 5.41) is 0. The summed E-state index contributed by atoms with van der Waals surface area (Å²) >= 11 is 0. The van der Waals surface area contributed by atoms with Crippen molar-refractivity contribution in [1.29, 1.82) is 0 Å². The largest absolute Gasteiger partial charge is 0.306 e. The average molecular weight is 338 g/mol. The molecule has 0 saturated carbocycles. The van der Waals surface area contributed by atoms with Crippen molar-refractivity contribution in [3.63, 3.8) is 0 Å². The Balaban J connectivity index is 1.52. The molecule has 5 aromatic rings. The van der Waals surface area contributed by atoms with Gasteiger partial charge in [-0.3, -0.25) is 0 Å². The standard InChI is InChI=1S/C22H18N4/c1-15-3-9-21-23-19(13-25(21)11-15)17-5-7-18(8-6-17)20-14-26-12-16(2)4-10-22(26)24-20/h3-14H,1-2H3. The zero-order valence-electron chi connectivity index (χ0n) is 14.7. The fraction of sp³-hybridized carbons (Fsp3) is 0.0909. The van der Waals surface area contributed by atoms with Crippen molar-refractivity contribution in [2.24, 2.45) is 0 Å². The summed E-state index contributed by atoms with van der Waals surface area (Å²) in [6, 6.07) is 16.7. The van der Waals surface area contributed by atoms with Crippen LogP contribution in [0.4, 0.5) is 0 Å². The lowest BCUT2D eigenvalue weighted by Crippen LogP contribution is -1.82. The second-order valence-electron chi connectivity index (χ2n) is 6.77. The van der Waals surface area contributed by atoms with Crippen molar-refractivity contribution in [2.75, 3.05) is 0 Å². The summed E-state index contributed by atoms with van der Waals surface area (Å²) in [5.74, 6) is 0. The quantitative estimate of drug-likeness (QED) is 0.457. The zero-order valence-corrected chi connectivity index (χ0v) is 14.7. The summed E-state index contributed by atoms with van der Waals surface area (Å²) in [4.78, 5) is 9.43. The summed E-state index contributed by atoms with van der Waals surface area (Å²) in [7, 11) is 0. The van der Waals surface area contributed by atoms with E-state index in [1.165, 1.54) is 11.1 Å². The third-order valence-electron chi connectivity index (χ3n) is 4.67. The minimum absolute atomic E-state index is 0.963. The van der Waals surface area contributed by atoms with Gasteiger partial charge in [-0.25, -0.2) is 9.97 Å². The van der Waals surface area contributed by atoms with E-state index >= 15 is 0 Å². The third kappa shape index (κ3) is 2.47. The highest BCUT2D eigenvalue weighted by Gasteiger charge is 2.07. The third-order valence-corrected chi connectivity index (χ3v) is 4.67. The molecule has 4 heteroatoms. The molecule has 0 unspecified atom stereocenters. The van der Waals surface area contributed by atoms with E-state index in [4.69, 9.17) is 9.97 Å². The minimum atomic E-state index is 0.963. The Kier molecular flexibility index (Phi) is 3.19. The average Bonchev–Trinajstić information content (AvgIpc) is 3.25. The fourth-order valence-electron chi connectivity index (χ4n) is 3.30. The van der Waals surface area contributed by atoms with Gasteiger partial charge in [0.15, 0.2) is 0 Å². The van der Waals surface area contributed by atoms with Crippen LogP contribution in [0, 0.1) is 13.8 Å². The lowest BCUT2D eigenvalue weighted by molar-refractivity contribution is 1.16. The van der Waals surface area contributed by atoms with Crippen LogP contribution in [0.15, 0.2) is 73.3 Å². The van der Waals surface area contributed by atoms with E-state index in [0.29, 0.717) is 0 Å². The second-order valence-corrected chi connectivity index (χ2v) is 6.77. The second kappa shape index (κ2) is 5.56. The van der Waals surface area contributed by atoms with Gasteiger partial charge >= 0.3 is 0 Å². The van der Waals surface area contributed by atoms with E-state index in [-0.39, 0.29) is 0 Å². The van der Waals surface area contributed by atoms with E-state index in [0.717, 1.165) is 33.8 Å². The molecule has 0 aliphatic rings. The van der Waals surface area contributed by atoms with E-state index in [2.05, 4.69) is 83.8 Å². The first-order chi connectivity index (χ1) is 12.7. The van der Waals surface area contributed by atoms with Crippen molar-refractivity contribution >= 4 is 11.3 Å². The van der Waals surface area contributed by atoms with E-state index in [1.54, 1.807) is 0 Å². The topological polar surface area (TPSA) is 34.6 Å². The summed E-state index contributed by atoms with van der Waals surface area (Å²) in [5.41, 5.74) is 8.54. The molecule has 0 spiro atoms. The molecule has 1 aromatic carbocycles. The molecule has 0 N–H and O–H groups in total. The lowest BCUT2D eigenvalue weighted by atomic mass is 10.1. The molecule has 4 aromatic heterocycles. The number of aromatic nitrogens is 4. The Bertz CT molecular complexity index is 1140. The van der Waals surface area contributed by atoms with Crippen LogP contribution >= 0.6 is 0 Å². The van der Waals surface area contributed by atoms with Gasteiger partial charge < -0.3 is 8.80 Å². The van der Waals surface area contributed by atoms with Crippen molar-refractivity contribution in [3.8, 4) is 22.5 Å². The highest BCUT2D eigenvalue weighted by atomic mass is 15.0. The van der Waals surface area contributed by atoms with Gasteiger partial charge in [0.2, 0.25) is 0 Å². The highest BCUT2D eigenvalue weighted by Crippen LogP contribution is 2.25. The number of hydrogen-bond donors (Lipinski definition) is 0. The van der Waals surface area contributed by atoms with Crippen molar-refractivity contribution in [2.45, 2.75) is 13.8 Å². The number of rotatable bonds is 2. The first-order valence-corrected chi connectivity index (χ1v) is 8.67. The smallest absolute Gasteiger partial charge is 0.137 e. The molecular weight excluding hydrogens is 320 g/mol. The maximum atomic E-state index is 4.71. The Hall–Kier alpha value is -3.40. The Morgan fingerprint density at radius 2 is 0.962 bits per heavy atom. The minimum Gasteiger partial charge on any atom is -0.306 e. The highest BCUT2D eigenvalue weighted by molar-refractivity contribution is 5.69. The molecule has 5 rings (SSSR count). The summed E-state index contributed by atoms with van der Waals surface area (Å²) in [6.07, 6.45) is 8.34. The number of imidazole rings is 2. The molecular formula is C22H18N4. The first kappa shape index (κ1) is 14.9. The number of benzene rings is 1. The first-order valence-electron chi connectivity index (χ1n) is 8.67. The predicted molar refractivity (Wildman–Crippen MR) is 104 cm³/mol. The van der Waals surface area contributed by atoms with Crippen LogP contribution in [-0.4, -0.2) is 18.8 Å². The summed E-state index contributed by atoms with van der Waals surface area (Å²) < 4.78 is 4.14. The van der Waals surface area contributed by atoms with Gasteiger partial charge in [0.1, 0.15) is 11.3 Å². The Morgan fingerprint density at radius 1 is 0.538 bits per heavy atom. The van der Waals surface area contributed by atoms with Gasteiger partial charge in [-0.1, -0.05) is 36.4 Å². The van der Waals surface area contributed by atoms with E-state index < -0.39 is 0 Å². The van der Waals surface area contributed by atoms with Crippen molar-refractivity contribution in [1.82, 2.24) is 18.8 Å². The molecule has 0 atom stereocenters. The molecule has 0 aliphatic carbocycles. The fourth-order valence-corrected chi connectivity index (χ4v) is 3.30. The summed E-state index contributed by atoms with van der Waals surface area (Å²) in [6.45, 7) is 4.18. The van der Waals surface area contributed by atoms with Crippen molar-refractivity contribution in [3.05, 3.63) is 84.4 Å². The van der Waals surface area contributed by atoms with Gasteiger partial charge in [-0.2, -0.15) is 0 Å². The number of fused-ring (bicyclic) bond motifs is 2. The van der Waals surface area contributed by atoms with Crippen LogP contribution in [0.5, 0.6) is 0 Å². The number of aryl methyl sites for hydroxylation is 2. The SMILES string of the molecule is Cc1ccc2nc(-c3ccc(-c4cn5cc(C)ccc5n4)cc3)cn2c1. The Morgan fingerprint density at radius 3 is 1.38 bits per heavy atom. The predicted octanol–water partition coefficient (Wildman–Crippen LogP) is 4.93.